The van der Waals surface area contributed by atoms with Gasteiger partial charge in [-0.1, -0.05) is 43.0 Å². The Hall–Kier alpha value is -4.02. The zero-order valence-corrected chi connectivity index (χ0v) is 23.6. The Bertz CT molecular complexity index is 1400. The molecule has 1 fully saturated rings. The Kier molecular flexibility index (Phi) is 10.9. The molecule has 1 N–H and O–H groups in total. The number of alkyl halides is 3. The molecule has 42 heavy (non-hydrogen) atoms. The maximum Gasteiger partial charge on any atom is 0.401 e. The van der Waals surface area contributed by atoms with Gasteiger partial charge < -0.3 is 15.0 Å². The molecule has 0 aliphatic carbocycles. The van der Waals surface area contributed by atoms with E-state index in [0.717, 1.165) is 35.3 Å². The highest BCUT2D eigenvalue weighted by molar-refractivity contribution is 6.11. The molecule has 1 saturated heterocycles. The first-order chi connectivity index (χ1) is 20.3. The van der Waals surface area contributed by atoms with Gasteiger partial charge in [0, 0.05) is 62.1 Å². The molecule has 0 saturated carbocycles. The van der Waals surface area contributed by atoms with Gasteiger partial charge in [-0.3, -0.25) is 9.89 Å². The van der Waals surface area contributed by atoms with Crippen molar-refractivity contribution in [1.29, 1.82) is 0 Å². The average Bonchev–Trinajstić information content (AvgIpc) is 2.98. The number of benzene rings is 3. The number of ether oxygens (including phenoxy) is 1. The molecule has 0 atom stereocenters. The lowest BCUT2D eigenvalue weighted by Gasteiger charge is -2.34. The van der Waals surface area contributed by atoms with Gasteiger partial charge in [0.25, 0.3) is 0 Å². The summed E-state index contributed by atoms with van der Waals surface area (Å²) < 4.78 is 58.2. The Labute approximate surface area is 244 Å². The molecule has 0 amide bonds. The van der Waals surface area contributed by atoms with Crippen LogP contribution in [0.5, 0.6) is 5.75 Å². The molecular weight excluding hydrogens is 546 g/mol. The summed E-state index contributed by atoms with van der Waals surface area (Å²) in [5.74, 6) is 0.927. The number of aliphatic imine (C=N–C) groups is 2. The lowest BCUT2D eigenvalue weighted by Crippen LogP contribution is -2.49. The van der Waals surface area contributed by atoms with E-state index in [4.69, 9.17) is 4.74 Å². The van der Waals surface area contributed by atoms with Gasteiger partial charge in [-0.2, -0.15) is 13.2 Å². The second kappa shape index (κ2) is 14.7. The highest BCUT2D eigenvalue weighted by Gasteiger charge is 2.32. The Balaban J connectivity index is 1.37. The second-order valence-corrected chi connectivity index (χ2v) is 9.93. The fourth-order valence-electron chi connectivity index (χ4n) is 4.77. The quantitative estimate of drug-likeness (QED) is 0.120. The van der Waals surface area contributed by atoms with Crippen molar-refractivity contribution in [2.45, 2.75) is 12.6 Å². The maximum atomic E-state index is 14.4. The minimum Gasteiger partial charge on any atom is -0.493 e. The Morgan fingerprint density at radius 1 is 1.00 bits per heavy atom. The van der Waals surface area contributed by atoms with E-state index in [1.165, 1.54) is 17.3 Å². The van der Waals surface area contributed by atoms with Crippen LogP contribution >= 0.6 is 0 Å². The monoisotopic (exact) mass is 581 g/mol. The topological polar surface area (TPSA) is 52.5 Å². The van der Waals surface area contributed by atoms with Gasteiger partial charge in [0.15, 0.2) is 0 Å². The van der Waals surface area contributed by atoms with Crippen LogP contribution < -0.4 is 10.1 Å². The predicted molar refractivity (Wildman–Crippen MR) is 162 cm³/mol. The van der Waals surface area contributed by atoms with Crippen molar-refractivity contribution in [3.8, 4) is 16.9 Å². The number of hydrogen-bond donors (Lipinski definition) is 1. The molecule has 3 aromatic carbocycles. The van der Waals surface area contributed by atoms with Gasteiger partial charge in [0.2, 0.25) is 0 Å². The van der Waals surface area contributed by atoms with Crippen LogP contribution in [0.25, 0.3) is 17.2 Å². The fourth-order valence-corrected chi connectivity index (χ4v) is 4.77. The van der Waals surface area contributed by atoms with E-state index in [0.29, 0.717) is 49.9 Å². The normalized spacial score (nSPS) is 15.2. The number of nitrogens with one attached hydrogen (secondary N) is 1. The van der Waals surface area contributed by atoms with Crippen molar-refractivity contribution in [2.75, 3.05) is 58.2 Å². The van der Waals surface area contributed by atoms with Crippen LogP contribution in [-0.2, 0) is 0 Å². The van der Waals surface area contributed by atoms with Gasteiger partial charge in [-0.25, -0.2) is 9.38 Å². The molecule has 1 heterocycles. The summed E-state index contributed by atoms with van der Waals surface area (Å²) in [7, 11) is 1.63. The Morgan fingerprint density at radius 3 is 2.48 bits per heavy atom. The molecule has 3 aromatic rings. The lowest BCUT2D eigenvalue weighted by molar-refractivity contribution is -0.149. The molecule has 10 heteroatoms. The van der Waals surface area contributed by atoms with E-state index in [9.17, 15) is 17.6 Å². The number of anilines is 1. The van der Waals surface area contributed by atoms with Crippen molar-refractivity contribution in [3.63, 3.8) is 0 Å². The van der Waals surface area contributed by atoms with Crippen LogP contribution in [0, 0.1) is 5.82 Å². The molecule has 6 nitrogen and oxygen atoms in total. The predicted octanol–water partition coefficient (Wildman–Crippen LogP) is 6.60. The molecule has 0 aromatic heterocycles. The molecule has 4 rings (SSSR count). The molecule has 1 aliphatic heterocycles. The van der Waals surface area contributed by atoms with Crippen molar-refractivity contribution in [3.05, 3.63) is 90.3 Å². The zero-order valence-electron chi connectivity index (χ0n) is 23.6. The molecule has 0 radical (unpaired) electrons. The van der Waals surface area contributed by atoms with Crippen LogP contribution in [0.1, 0.15) is 17.5 Å². The van der Waals surface area contributed by atoms with Gasteiger partial charge in [-0.05, 0) is 48.4 Å². The van der Waals surface area contributed by atoms with Gasteiger partial charge >= 0.3 is 6.18 Å². The van der Waals surface area contributed by atoms with Crippen LogP contribution in [-0.4, -0.2) is 81.1 Å². The largest absolute Gasteiger partial charge is 0.493 e. The van der Waals surface area contributed by atoms with Crippen molar-refractivity contribution in [2.24, 2.45) is 9.98 Å². The lowest BCUT2D eigenvalue weighted by atomic mass is 10.0. The van der Waals surface area contributed by atoms with Crippen LogP contribution in [0.3, 0.4) is 0 Å². The molecule has 0 unspecified atom stereocenters. The number of amidine groups is 1. The van der Waals surface area contributed by atoms with E-state index in [1.54, 1.807) is 31.3 Å². The maximum absolute atomic E-state index is 14.4. The minimum absolute atomic E-state index is 0.295. The second-order valence-electron chi connectivity index (χ2n) is 9.93. The summed E-state index contributed by atoms with van der Waals surface area (Å²) in [5.41, 5.74) is 3.55. The molecular formula is C32H35F4N5O. The third-order valence-electron chi connectivity index (χ3n) is 6.86. The summed E-state index contributed by atoms with van der Waals surface area (Å²) in [6.07, 6.45) is -0.251. The number of nitrogens with zero attached hydrogens (tertiary/aromatic N) is 4. The first-order valence-corrected chi connectivity index (χ1v) is 13.8. The number of hydrogen-bond acceptors (Lipinski definition) is 4. The smallest absolute Gasteiger partial charge is 0.401 e. The van der Waals surface area contributed by atoms with Crippen molar-refractivity contribution < 1.29 is 22.3 Å². The van der Waals surface area contributed by atoms with E-state index < -0.39 is 12.7 Å². The van der Waals surface area contributed by atoms with Crippen LogP contribution in [0.2, 0.25) is 0 Å². The van der Waals surface area contributed by atoms with E-state index in [1.807, 2.05) is 42.5 Å². The highest BCUT2D eigenvalue weighted by atomic mass is 19.4. The number of rotatable bonds is 11. The minimum atomic E-state index is -4.16. The van der Waals surface area contributed by atoms with Gasteiger partial charge in [0.05, 0.1) is 13.2 Å². The Morgan fingerprint density at radius 2 is 1.76 bits per heavy atom. The van der Waals surface area contributed by atoms with E-state index >= 15 is 0 Å². The summed E-state index contributed by atoms with van der Waals surface area (Å²) >= 11 is 0. The first kappa shape index (κ1) is 30.9. The average molecular weight is 582 g/mol. The molecule has 0 spiro atoms. The van der Waals surface area contributed by atoms with E-state index in [-0.39, 0.29) is 5.82 Å². The molecule has 1 aliphatic rings. The third-order valence-corrected chi connectivity index (χ3v) is 6.86. The molecule has 0 bridgehead atoms. The third kappa shape index (κ3) is 8.99. The van der Waals surface area contributed by atoms with Crippen molar-refractivity contribution >= 4 is 23.9 Å². The summed E-state index contributed by atoms with van der Waals surface area (Å²) in [6.45, 7) is 6.35. The van der Waals surface area contributed by atoms with Crippen LogP contribution in [0.4, 0.5) is 23.2 Å². The summed E-state index contributed by atoms with van der Waals surface area (Å²) in [5, 5.41) is 3.32. The van der Waals surface area contributed by atoms with Crippen LogP contribution in [0.15, 0.2) is 83.3 Å². The van der Waals surface area contributed by atoms with Gasteiger partial charge in [0.1, 0.15) is 23.7 Å². The SMILES string of the molecule is C=Cc1cc(/C(=N\C=N/C)Nc2cccc(-c3ccccc3F)c2)ccc1OCCCN1CCN(CC(F)(F)F)CC1. The first-order valence-electron chi connectivity index (χ1n) is 13.8. The molecule has 222 valence electrons. The van der Waals surface area contributed by atoms with E-state index in [2.05, 4.69) is 26.8 Å². The summed E-state index contributed by atoms with van der Waals surface area (Å²) in [4.78, 5) is 12.1. The van der Waals surface area contributed by atoms with Gasteiger partial charge in [-0.15, -0.1) is 0 Å². The zero-order chi connectivity index (χ0) is 30.0. The number of halogens is 4. The fraction of sp³-hybridized carbons (Fsp3) is 0.312. The standard InChI is InChI=1S/C32H35F4N5O/c1-3-24-20-26(12-13-30(24)42-19-7-14-40-15-17-41(18-16-40)22-32(34,35)36)31(38-23-37-2)39-27-9-6-8-25(21-27)28-10-4-5-11-29(28)33/h3-6,8-13,20-21,23H,1,7,14-19,22H2,2H3,(H,37,38,39). The van der Waals surface area contributed by atoms with Crippen molar-refractivity contribution in [1.82, 2.24) is 9.80 Å². The number of piperazine rings is 1. The highest BCUT2D eigenvalue weighted by Crippen LogP contribution is 2.27. The summed E-state index contributed by atoms with van der Waals surface area (Å²) in [6, 6.07) is 19.7.